The fourth-order valence-electron chi connectivity index (χ4n) is 2.93. The molecule has 0 saturated carbocycles. The first kappa shape index (κ1) is 20.0. The van der Waals surface area contributed by atoms with Crippen molar-refractivity contribution in [3.05, 3.63) is 64.6 Å². The van der Waals surface area contributed by atoms with Crippen LogP contribution in [0.25, 0.3) is 0 Å². The Morgan fingerprint density at radius 1 is 1.16 bits per heavy atom. The molecular weight excluding hydrogens is 491 g/mol. The molecule has 134 valence electrons. The zero-order chi connectivity index (χ0) is 16.8. The van der Waals surface area contributed by atoms with E-state index in [4.69, 9.17) is 0 Å². The minimum absolute atomic E-state index is 0. The number of aliphatic imine (C=N–C) groups is 1. The van der Waals surface area contributed by atoms with Crippen molar-refractivity contribution in [3.8, 4) is 0 Å². The van der Waals surface area contributed by atoms with Crippen molar-refractivity contribution >= 4 is 51.6 Å². The minimum atomic E-state index is 0. The quantitative estimate of drug-likeness (QED) is 0.368. The normalized spacial score (nSPS) is 17.1. The van der Waals surface area contributed by atoms with E-state index in [0.29, 0.717) is 6.04 Å². The van der Waals surface area contributed by atoms with Crippen LogP contribution in [0.15, 0.2) is 64.1 Å². The summed E-state index contributed by atoms with van der Waals surface area (Å²) in [7, 11) is 1.82. The largest absolute Gasteiger partial charge is 0.369 e. The van der Waals surface area contributed by atoms with Crippen LogP contribution in [0.4, 0.5) is 5.69 Å². The number of nitrogens with one attached hydrogen (secondary N) is 2. The number of rotatable bonds is 4. The van der Waals surface area contributed by atoms with Gasteiger partial charge in [0.15, 0.2) is 5.96 Å². The number of guanidine groups is 1. The highest BCUT2D eigenvalue weighted by Gasteiger charge is 2.23. The van der Waals surface area contributed by atoms with E-state index >= 15 is 0 Å². The lowest BCUT2D eigenvalue weighted by Gasteiger charge is -2.20. The fraction of sp³-hybridized carbons (Fsp3) is 0.316. The van der Waals surface area contributed by atoms with E-state index in [1.165, 1.54) is 11.3 Å². The van der Waals surface area contributed by atoms with Crippen molar-refractivity contribution in [1.82, 2.24) is 10.6 Å². The van der Waals surface area contributed by atoms with Crippen LogP contribution < -0.4 is 15.5 Å². The molecular formula is C19H24BrIN4. The maximum atomic E-state index is 4.35. The SMILES string of the molecule is CN=C(NCc1ccc(Br)cc1)NC1CCN(c2ccccc2)C1.I. The Morgan fingerprint density at radius 3 is 2.56 bits per heavy atom. The van der Waals surface area contributed by atoms with Crippen molar-refractivity contribution in [2.24, 2.45) is 4.99 Å². The van der Waals surface area contributed by atoms with Crippen molar-refractivity contribution in [3.63, 3.8) is 0 Å². The lowest BCUT2D eigenvalue weighted by molar-refractivity contribution is 0.648. The molecule has 1 heterocycles. The number of anilines is 1. The van der Waals surface area contributed by atoms with Gasteiger partial charge in [-0.05, 0) is 36.2 Å². The predicted molar refractivity (Wildman–Crippen MR) is 120 cm³/mol. The highest BCUT2D eigenvalue weighted by Crippen LogP contribution is 2.19. The summed E-state index contributed by atoms with van der Waals surface area (Å²) in [5, 5.41) is 6.93. The molecule has 25 heavy (non-hydrogen) atoms. The zero-order valence-corrected chi connectivity index (χ0v) is 18.2. The molecule has 1 saturated heterocycles. The molecule has 3 rings (SSSR count). The lowest BCUT2D eigenvalue weighted by Crippen LogP contribution is -2.44. The third kappa shape index (κ3) is 5.88. The molecule has 0 aliphatic carbocycles. The number of halogens is 2. The average Bonchev–Trinajstić information content (AvgIpc) is 3.09. The molecule has 2 aromatic rings. The Hall–Kier alpha value is -1.28. The molecule has 1 fully saturated rings. The van der Waals surface area contributed by atoms with Gasteiger partial charge in [-0.1, -0.05) is 46.3 Å². The van der Waals surface area contributed by atoms with Crippen LogP contribution in [0.3, 0.4) is 0 Å². The van der Waals surface area contributed by atoms with E-state index in [2.05, 4.69) is 91.1 Å². The third-order valence-electron chi connectivity index (χ3n) is 4.25. The Morgan fingerprint density at radius 2 is 1.88 bits per heavy atom. The van der Waals surface area contributed by atoms with Crippen LogP contribution in [0.5, 0.6) is 0 Å². The Balaban J connectivity index is 0.00000225. The molecule has 6 heteroatoms. The van der Waals surface area contributed by atoms with Gasteiger partial charge in [0.2, 0.25) is 0 Å². The van der Waals surface area contributed by atoms with Crippen LogP contribution in [0.2, 0.25) is 0 Å². The molecule has 0 bridgehead atoms. The third-order valence-corrected chi connectivity index (χ3v) is 4.78. The summed E-state index contributed by atoms with van der Waals surface area (Å²) < 4.78 is 1.10. The number of benzene rings is 2. The van der Waals surface area contributed by atoms with Gasteiger partial charge in [0.1, 0.15) is 0 Å². The molecule has 1 unspecified atom stereocenters. The number of nitrogens with zero attached hydrogens (tertiary/aromatic N) is 2. The van der Waals surface area contributed by atoms with Gasteiger partial charge in [-0.25, -0.2) is 0 Å². The van der Waals surface area contributed by atoms with Crippen molar-refractivity contribution < 1.29 is 0 Å². The maximum Gasteiger partial charge on any atom is 0.191 e. The first-order chi connectivity index (χ1) is 11.7. The topological polar surface area (TPSA) is 39.7 Å². The maximum absolute atomic E-state index is 4.35. The molecule has 1 atom stereocenters. The summed E-state index contributed by atoms with van der Waals surface area (Å²) >= 11 is 3.46. The van der Waals surface area contributed by atoms with Gasteiger partial charge in [-0.15, -0.1) is 24.0 Å². The van der Waals surface area contributed by atoms with Gasteiger partial charge in [0, 0.05) is 42.9 Å². The standard InChI is InChI=1S/C19H23BrN4.HI/c1-21-19(22-13-15-7-9-16(20)10-8-15)23-17-11-12-24(14-17)18-5-3-2-4-6-18;/h2-10,17H,11-14H2,1H3,(H2,21,22,23);1H. The first-order valence-corrected chi connectivity index (χ1v) is 9.05. The molecule has 0 radical (unpaired) electrons. The van der Waals surface area contributed by atoms with Crippen molar-refractivity contribution in [2.45, 2.75) is 19.0 Å². The Bertz CT molecular complexity index is 676. The van der Waals surface area contributed by atoms with E-state index in [9.17, 15) is 0 Å². The van der Waals surface area contributed by atoms with Crippen LogP contribution in [-0.2, 0) is 6.54 Å². The first-order valence-electron chi connectivity index (χ1n) is 8.26. The zero-order valence-electron chi connectivity index (χ0n) is 14.3. The van der Waals surface area contributed by atoms with E-state index in [1.807, 2.05) is 7.05 Å². The van der Waals surface area contributed by atoms with Gasteiger partial charge in [-0.2, -0.15) is 0 Å². The molecule has 0 aromatic heterocycles. The average molecular weight is 515 g/mol. The molecule has 2 N–H and O–H groups in total. The van der Waals surface area contributed by atoms with Crippen LogP contribution in [-0.4, -0.2) is 32.1 Å². The monoisotopic (exact) mass is 514 g/mol. The van der Waals surface area contributed by atoms with Crippen LogP contribution >= 0.6 is 39.9 Å². The number of hydrogen-bond acceptors (Lipinski definition) is 2. The smallest absolute Gasteiger partial charge is 0.191 e. The second-order valence-corrected chi connectivity index (χ2v) is 6.88. The van der Waals surface area contributed by atoms with Crippen LogP contribution in [0, 0.1) is 0 Å². The minimum Gasteiger partial charge on any atom is -0.369 e. The Kier molecular flexibility index (Phi) is 8.02. The highest BCUT2D eigenvalue weighted by molar-refractivity contribution is 14.0. The van der Waals surface area contributed by atoms with E-state index in [-0.39, 0.29) is 24.0 Å². The fourth-order valence-corrected chi connectivity index (χ4v) is 3.19. The van der Waals surface area contributed by atoms with Crippen molar-refractivity contribution in [2.75, 3.05) is 25.0 Å². The number of hydrogen-bond donors (Lipinski definition) is 2. The highest BCUT2D eigenvalue weighted by atomic mass is 127. The molecule has 1 aliphatic rings. The van der Waals surface area contributed by atoms with Gasteiger partial charge in [0.25, 0.3) is 0 Å². The van der Waals surface area contributed by atoms with E-state index < -0.39 is 0 Å². The van der Waals surface area contributed by atoms with E-state index in [0.717, 1.165) is 36.5 Å². The summed E-state index contributed by atoms with van der Waals surface area (Å²) in [6.07, 6.45) is 1.12. The lowest BCUT2D eigenvalue weighted by atomic mass is 10.2. The molecule has 2 aromatic carbocycles. The number of para-hydroxylation sites is 1. The predicted octanol–water partition coefficient (Wildman–Crippen LogP) is 4.01. The van der Waals surface area contributed by atoms with Gasteiger partial charge >= 0.3 is 0 Å². The van der Waals surface area contributed by atoms with Gasteiger partial charge in [0.05, 0.1) is 0 Å². The second kappa shape index (κ2) is 10.0. The molecule has 4 nitrogen and oxygen atoms in total. The summed E-state index contributed by atoms with van der Waals surface area (Å²) in [5.41, 5.74) is 2.53. The Labute approximate surface area is 175 Å². The van der Waals surface area contributed by atoms with Crippen molar-refractivity contribution in [1.29, 1.82) is 0 Å². The molecule has 0 amide bonds. The molecule has 0 spiro atoms. The van der Waals surface area contributed by atoms with Crippen LogP contribution in [0.1, 0.15) is 12.0 Å². The molecule has 1 aliphatic heterocycles. The summed E-state index contributed by atoms with van der Waals surface area (Å²) in [5.74, 6) is 0.859. The summed E-state index contributed by atoms with van der Waals surface area (Å²) in [6, 6.07) is 19.3. The van der Waals surface area contributed by atoms with E-state index in [1.54, 1.807) is 0 Å². The second-order valence-electron chi connectivity index (χ2n) is 5.96. The summed E-state index contributed by atoms with van der Waals surface area (Å²) in [6.45, 7) is 2.84. The summed E-state index contributed by atoms with van der Waals surface area (Å²) in [4.78, 5) is 6.76. The van der Waals surface area contributed by atoms with Gasteiger partial charge in [-0.3, -0.25) is 4.99 Å². The van der Waals surface area contributed by atoms with Gasteiger partial charge < -0.3 is 15.5 Å².